The number of rotatable bonds is 8. The van der Waals surface area contributed by atoms with Gasteiger partial charge in [0.2, 0.25) is 15.9 Å². The minimum Gasteiger partial charge on any atom is -0.355 e. The molecule has 0 radical (unpaired) electrons. The molecule has 9 heteroatoms. The van der Waals surface area contributed by atoms with Crippen LogP contribution in [0, 0.1) is 0 Å². The molecule has 1 saturated heterocycles. The maximum atomic E-state index is 12.6. The topological polar surface area (TPSA) is 69.7 Å². The number of halogens is 2. The Labute approximate surface area is 189 Å². The molecule has 1 fully saturated rings. The molecular weight excluding hydrogens is 445 g/mol. The summed E-state index contributed by atoms with van der Waals surface area (Å²) in [5.41, 5.74) is 2.07. The summed E-state index contributed by atoms with van der Waals surface area (Å²) < 4.78 is 26.7. The summed E-state index contributed by atoms with van der Waals surface area (Å²) in [6, 6.07) is 17.2. The maximum Gasteiger partial charge on any atom is 0.224 e. The van der Waals surface area contributed by atoms with Crippen LogP contribution in [0.15, 0.2) is 54.6 Å². The predicted octanol–water partition coefficient (Wildman–Crippen LogP) is 2.57. The molecular formula is C21H27Cl2N3O3S. The summed E-state index contributed by atoms with van der Waals surface area (Å²) in [5, 5.41) is 3.31. The Kier molecular flexibility index (Phi) is 9.58. The van der Waals surface area contributed by atoms with Gasteiger partial charge in [0.15, 0.2) is 0 Å². The SMILES string of the molecule is Cl.O=C(Cc1ccc(Cl)cc1)NCCS(=O)(=O)N1CCN(Cc2ccccc2)CC1. The van der Waals surface area contributed by atoms with Gasteiger partial charge in [-0.3, -0.25) is 9.69 Å². The maximum absolute atomic E-state index is 12.6. The Hall–Kier alpha value is -1.64. The summed E-state index contributed by atoms with van der Waals surface area (Å²) in [6.45, 7) is 3.31. The van der Waals surface area contributed by atoms with E-state index >= 15 is 0 Å². The lowest BCUT2D eigenvalue weighted by Gasteiger charge is -2.34. The van der Waals surface area contributed by atoms with E-state index in [4.69, 9.17) is 11.6 Å². The molecule has 0 aliphatic carbocycles. The fourth-order valence-electron chi connectivity index (χ4n) is 3.31. The molecule has 0 aromatic heterocycles. The lowest BCUT2D eigenvalue weighted by atomic mass is 10.1. The first-order valence-corrected chi connectivity index (χ1v) is 11.7. The van der Waals surface area contributed by atoms with Gasteiger partial charge in [-0.2, -0.15) is 4.31 Å². The number of hydrogen-bond acceptors (Lipinski definition) is 4. The first-order valence-electron chi connectivity index (χ1n) is 9.68. The van der Waals surface area contributed by atoms with Gasteiger partial charge in [0.25, 0.3) is 0 Å². The average molecular weight is 472 g/mol. The number of amides is 1. The first-order chi connectivity index (χ1) is 13.9. The zero-order valence-corrected chi connectivity index (χ0v) is 19.1. The molecule has 0 atom stereocenters. The van der Waals surface area contributed by atoms with Crippen molar-refractivity contribution in [2.75, 3.05) is 38.5 Å². The van der Waals surface area contributed by atoms with Gasteiger partial charge in [-0.1, -0.05) is 54.1 Å². The Morgan fingerprint density at radius 1 is 0.933 bits per heavy atom. The minimum atomic E-state index is -3.38. The Morgan fingerprint density at radius 2 is 1.57 bits per heavy atom. The van der Waals surface area contributed by atoms with Crippen LogP contribution in [0.4, 0.5) is 0 Å². The molecule has 1 amide bonds. The van der Waals surface area contributed by atoms with E-state index in [1.807, 2.05) is 18.2 Å². The molecule has 2 aromatic rings. The molecule has 30 heavy (non-hydrogen) atoms. The molecule has 1 aliphatic rings. The summed E-state index contributed by atoms with van der Waals surface area (Å²) in [5.74, 6) is -0.284. The van der Waals surface area contributed by atoms with Gasteiger partial charge in [0, 0.05) is 44.3 Å². The van der Waals surface area contributed by atoms with E-state index in [-0.39, 0.29) is 37.0 Å². The monoisotopic (exact) mass is 471 g/mol. The number of nitrogens with one attached hydrogen (secondary N) is 1. The van der Waals surface area contributed by atoms with Crippen molar-refractivity contribution < 1.29 is 13.2 Å². The highest BCUT2D eigenvalue weighted by Gasteiger charge is 2.26. The summed E-state index contributed by atoms with van der Waals surface area (Å²) >= 11 is 5.83. The standard InChI is InChI=1S/C21H26ClN3O3S.ClH/c22-20-8-6-18(7-9-20)16-21(26)23-10-15-29(27,28)25-13-11-24(12-14-25)17-19-4-2-1-3-5-19;/h1-9H,10-17H2,(H,23,26);1H. The third-order valence-electron chi connectivity index (χ3n) is 4.93. The van der Waals surface area contributed by atoms with Gasteiger partial charge < -0.3 is 5.32 Å². The van der Waals surface area contributed by atoms with Crippen molar-refractivity contribution in [3.63, 3.8) is 0 Å². The van der Waals surface area contributed by atoms with Gasteiger partial charge in [-0.05, 0) is 23.3 Å². The molecule has 0 spiro atoms. The van der Waals surface area contributed by atoms with Crippen LogP contribution < -0.4 is 5.32 Å². The van der Waals surface area contributed by atoms with Gasteiger partial charge in [0.1, 0.15) is 0 Å². The van der Waals surface area contributed by atoms with Crippen LogP contribution in [0.1, 0.15) is 11.1 Å². The van der Waals surface area contributed by atoms with Crippen molar-refractivity contribution in [2.45, 2.75) is 13.0 Å². The highest BCUT2D eigenvalue weighted by Crippen LogP contribution is 2.12. The molecule has 164 valence electrons. The lowest BCUT2D eigenvalue weighted by molar-refractivity contribution is -0.120. The fourth-order valence-corrected chi connectivity index (χ4v) is 4.77. The van der Waals surface area contributed by atoms with E-state index in [1.165, 1.54) is 9.87 Å². The number of hydrogen-bond donors (Lipinski definition) is 1. The third kappa shape index (κ3) is 7.56. The van der Waals surface area contributed by atoms with E-state index in [2.05, 4.69) is 22.3 Å². The van der Waals surface area contributed by atoms with Crippen LogP contribution in [0.25, 0.3) is 0 Å². The van der Waals surface area contributed by atoms with Crippen molar-refractivity contribution in [3.8, 4) is 0 Å². The van der Waals surface area contributed by atoms with Crippen molar-refractivity contribution >= 4 is 39.9 Å². The highest BCUT2D eigenvalue weighted by atomic mass is 35.5. The summed E-state index contributed by atoms with van der Waals surface area (Å²) in [7, 11) is -3.38. The van der Waals surface area contributed by atoms with E-state index in [0.717, 1.165) is 12.1 Å². The Balaban J connectivity index is 0.00000320. The van der Waals surface area contributed by atoms with Crippen LogP contribution in [-0.4, -0.2) is 62.0 Å². The van der Waals surface area contributed by atoms with Crippen LogP contribution >= 0.6 is 24.0 Å². The number of benzene rings is 2. The van der Waals surface area contributed by atoms with E-state index in [0.29, 0.717) is 31.2 Å². The zero-order valence-electron chi connectivity index (χ0n) is 16.7. The lowest BCUT2D eigenvalue weighted by Crippen LogP contribution is -2.49. The summed E-state index contributed by atoms with van der Waals surface area (Å²) in [4.78, 5) is 14.3. The molecule has 0 saturated carbocycles. The van der Waals surface area contributed by atoms with E-state index < -0.39 is 10.0 Å². The predicted molar refractivity (Wildman–Crippen MR) is 122 cm³/mol. The molecule has 1 heterocycles. The third-order valence-corrected chi connectivity index (χ3v) is 7.06. The normalized spacial score (nSPS) is 15.4. The molecule has 1 aliphatic heterocycles. The van der Waals surface area contributed by atoms with E-state index in [1.54, 1.807) is 24.3 Å². The van der Waals surface area contributed by atoms with Crippen LogP contribution in [-0.2, 0) is 27.8 Å². The second-order valence-electron chi connectivity index (χ2n) is 7.13. The molecule has 0 unspecified atom stereocenters. The molecule has 3 rings (SSSR count). The van der Waals surface area contributed by atoms with Crippen LogP contribution in [0.2, 0.25) is 5.02 Å². The van der Waals surface area contributed by atoms with E-state index in [9.17, 15) is 13.2 Å². The number of piperazine rings is 1. The number of carbonyl (C=O) groups is 1. The molecule has 0 bridgehead atoms. The quantitative estimate of drug-likeness (QED) is 0.642. The summed E-state index contributed by atoms with van der Waals surface area (Å²) in [6.07, 6.45) is 0.204. The number of nitrogens with zero attached hydrogens (tertiary/aromatic N) is 2. The fraction of sp³-hybridized carbons (Fsp3) is 0.381. The molecule has 6 nitrogen and oxygen atoms in total. The number of sulfonamides is 1. The van der Waals surface area contributed by atoms with Gasteiger partial charge in [0.05, 0.1) is 12.2 Å². The smallest absolute Gasteiger partial charge is 0.224 e. The first kappa shape index (κ1) is 24.6. The van der Waals surface area contributed by atoms with Crippen molar-refractivity contribution in [3.05, 3.63) is 70.7 Å². The second-order valence-corrected chi connectivity index (χ2v) is 9.65. The second kappa shape index (κ2) is 11.7. The number of carbonyl (C=O) groups excluding carboxylic acids is 1. The molecule has 2 aromatic carbocycles. The van der Waals surface area contributed by atoms with Gasteiger partial charge >= 0.3 is 0 Å². The van der Waals surface area contributed by atoms with Gasteiger partial charge in [-0.25, -0.2) is 8.42 Å². The largest absolute Gasteiger partial charge is 0.355 e. The highest BCUT2D eigenvalue weighted by molar-refractivity contribution is 7.89. The Bertz CT molecular complexity index is 901. The van der Waals surface area contributed by atoms with Crippen molar-refractivity contribution in [2.24, 2.45) is 0 Å². The molecule has 1 N–H and O–H groups in total. The minimum absolute atomic E-state index is 0. The van der Waals surface area contributed by atoms with Crippen LogP contribution in [0.5, 0.6) is 0 Å². The van der Waals surface area contributed by atoms with Crippen molar-refractivity contribution in [1.82, 2.24) is 14.5 Å². The average Bonchev–Trinajstić information content (AvgIpc) is 2.71. The zero-order chi connectivity index (χ0) is 20.7. The van der Waals surface area contributed by atoms with Gasteiger partial charge in [-0.15, -0.1) is 12.4 Å². The van der Waals surface area contributed by atoms with Crippen molar-refractivity contribution in [1.29, 1.82) is 0 Å². The Morgan fingerprint density at radius 3 is 2.20 bits per heavy atom. The van der Waals surface area contributed by atoms with Crippen LogP contribution in [0.3, 0.4) is 0 Å².